The van der Waals surface area contributed by atoms with Gasteiger partial charge in [0.1, 0.15) is 5.75 Å². The molecule has 0 bridgehead atoms. The minimum Gasteiger partial charge on any atom is -0.435 e. The number of alkyl halides is 2. The van der Waals surface area contributed by atoms with Crippen LogP contribution in [0.1, 0.15) is 11.3 Å². The molecule has 0 N–H and O–H groups in total. The molecule has 0 saturated carbocycles. The third kappa shape index (κ3) is 4.20. The highest BCUT2D eigenvalue weighted by Gasteiger charge is 2.09. The first-order valence-electron chi connectivity index (χ1n) is 9.12. The standard InChI is InChI=1S/C22H17F2N5O/c1-28(18-6-2-15(10-25)3-7-18)12-17-13-29-14-20(27-21(29)11-26-17)16-4-8-19(9-5-16)30-22(23)24/h2-9,11,13-14,22H,12H2,1H3. The van der Waals surface area contributed by atoms with Gasteiger partial charge in [-0.2, -0.15) is 14.0 Å². The lowest BCUT2D eigenvalue weighted by Gasteiger charge is -2.18. The van der Waals surface area contributed by atoms with Crippen molar-refractivity contribution in [1.82, 2.24) is 14.4 Å². The number of fused-ring (bicyclic) bond motifs is 1. The number of anilines is 1. The summed E-state index contributed by atoms with van der Waals surface area (Å²) in [6, 6.07) is 15.8. The molecular weight excluding hydrogens is 388 g/mol. The lowest BCUT2D eigenvalue weighted by Crippen LogP contribution is -2.17. The molecule has 0 spiro atoms. The molecule has 2 aromatic heterocycles. The van der Waals surface area contributed by atoms with Crippen molar-refractivity contribution in [1.29, 1.82) is 5.26 Å². The smallest absolute Gasteiger partial charge is 0.387 e. The van der Waals surface area contributed by atoms with Crippen molar-refractivity contribution in [2.45, 2.75) is 13.2 Å². The van der Waals surface area contributed by atoms with Gasteiger partial charge in [-0.15, -0.1) is 0 Å². The maximum absolute atomic E-state index is 12.3. The van der Waals surface area contributed by atoms with E-state index in [4.69, 9.17) is 5.26 Å². The molecular formula is C22H17F2N5O. The molecule has 0 aliphatic rings. The Kier molecular flexibility index (Phi) is 5.26. The second kappa shape index (κ2) is 8.17. The van der Waals surface area contributed by atoms with Gasteiger partial charge in [0.15, 0.2) is 5.65 Å². The normalized spacial score (nSPS) is 10.9. The molecule has 6 nitrogen and oxygen atoms in total. The Balaban J connectivity index is 1.52. The Morgan fingerprint density at radius 1 is 1.10 bits per heavy atom. The second-order valence-electron chi connectivity index (χ2n) is 6.69. The zero-order chi connectivity index (χ0) is 21.1. The fourth-order valence-electron chi connectivity index (χ4n) is 3.09. The van der Waals surface area contributed by atoms with Crippen LogP contribution in [-0.4, -0.2) is 28.0 Å². The first-order chi connectivity index (χ1) is 14.5. The average Bonchev–Trinajstić information content (AvgIpc) is 3.17. The predicted molar refractivity (Wildman–Crippen MR) is 108 cm³/mol. The molecule has 0 amide bonds. The minimum absolute atomic E-state index is 0.104. The van der Waals surface area contributed by atoms with Crippen LogP contribution in [0.3, 0.4) is 0 Å². The van der Waals surface area contributed by atoms with Gasteiger partial charge in [0, 0.05) is 30.7 Å². The summed E-state index contributed by atoms with van der Waals surface area (Å²) in [7, 11) is 1.95. The predicted octanol–water partition coefficient (Wildman–Crippen LogP) is 4.51. The summed E-state index contributed by atoms with van der Waals surface area (Å²) in [5.74, 6) is 0.104. The second-order valence-corrected chi connectivity index (χ2v) is 6.69. The minimum atomic E-state index is -2.85. The summed E-state index contributed by atoms with van der Waals surface area (Å²) in [6.45, 7) is -2.27. The van der Waals surface area contributed by atoms with Crippen LogP contribution in [0.2, 0.25) is 0 Å². The Hall–Kier alpha value is -3.99. The molecule has 2 aromatic carbocycles. The molecule has 0 aliphatic heterocycles. The molecule has 150 valence electrons. The Labute approximate surface area is 171 Å². The van der Waals surface area contributed by atoms with E-state index in [1.807, 2.05) is 40.9 Å². The van der Waals surface area contributed by atoms with Crippen LogP contribution >= 0.6 is 0 Å². The third-order valence-corrected chi connectivity index (χ3v) is 4.61. The molecule has 0 unspecified atom stereocenters. The molecule has 0 saturated heterocycles. The van der Waals surface area contributed by atoms with Gasteiger partial charge in [0.05, 0.1) is 35.8 Å². The summed E-state index contributed by atoms with van der Waals surface area (Å²) >= 11 is 0. The largest absolute Gasteiger partial charge is 0.435 e. The number of nitriles is 1. The topological polar surface area (TPSA) is 66.5 Å². The zero-order valence-corrected chi connectivity index (χ0v) is 16.0. The number of rotatable bonds is 6. The van der Waals surface area contributed by atoms with Crippen molar-refractivity contribution in [2.24, 2.45) is 0 Å². The Morgan fingerprint density at radius 2 is 1.83 bits per heavy atom. The third-order valence-electron chi connectivity index (χ3n) is 4.61. The van der Waals surface area contributed by atoms with E-state index in [9.17, 15) is 8.78 Å². The van der Waals surface area contributed by atoms with E-state index < -0.39 is 6.61 Å². The summed E-state index contributed by atoms with van der Waals surface area (Å²) in [5.41, 5.74) is 4.62. The van der Waals surface area contributed by atoms with Crippen LogP contribution < -0.4 is 9.64 Å². The van der Waals surface area contributed by atoms with Gasteiger partial charge in [-0.3, -0.25) is 4.98 Å². The van der Waals surface area contributed by atoms with E-state index in [-0.39, 0.29) is 5.75 Å². The quantitative estimate of drug-likeness (QED) is 0.472. The monoisotopic (exact) mass is 405 g/mol. The first-order valence-corrected chi connectivity index (χ1v) is 9.12. The number of ether oxygens (including phenoxy) is 1. The Bertz CT molecular complexity index is 1200. The van der Waals surface area contributed by atoms with Crippen LogP contribution in [0, 0.1) is 11.3 Å². The van der Waals surface area contributed by atoms with Gasteiger partial charge in [-0.25, -0.2) is 4.98 Å². The molecule has 2 heterocycles. The molecule has 0 radical (unpaired) electrons. The van der Waals surface area contributed by atoms with E-state index in [0.717, 1.165) is 16.9 Å². The van der Waals surface area contributed by atoms with Gasteiger partial charge < -0.3 is 14.0 Å². The summed E-state index contributed by atoms with van der Waals surface area (Å²) in [4.78, 5) is 11.1. The van der Waals surface area contributed by atoms with Gasteiger partial charge >= 0.3 is 6.61 Å². The van der Waals surface area contributed by atoms with Crippen molar-refractivity contribution in [3.05, 3.63) is 78.4 Å². The highest BCUT2D eigenvalue weighted by molar-refractivity contribution is 5.63. The fourth-order valence-corrected chi connectivity index (χ4v) is 3.09. The SMILES string of the molecule is CN(Cc1cn2cc(-c3ccc(OC(F)F)cc3)nc2cn1)c1ccc(C#N)cc1. The number of benzene rings is 2. The number of hydrogen-bond donors (Lipinski definition) is 0. The molecule has 4 rings (SSSR count). The van der Waals surface area contributed by atoms with E-state index in [2.05, 4.69) is 20.8 Å². The lowest BCUT2D eigenvalue weighted by atomic mass is 10.2. The summed E-state index contributed by atoms with van der Waals surface area (Å²) < 4.78 is 30.8. The lowest BCUT2D eigenvalue weighted by molar-refractivity contribution is -0.0498. The number of nitrogens with zero attached hydrogens (tertiary/aromatic N) is 5. The van der Waals surface area contributed by atoms with Crippen molar-refractivity contribution in [3.63, 3.8) is 0 Å². The molecule has 0 fully saturated rings. The number of hydrogen-bond acceptors (Lipinski definition) is 5. The number of halogens is 2. The molecule has 0 atom stereocenters. The molecule has 0 aliphatic carbocycles. The highest BCUT2D eigenvalue weighted by Crippen LogP contribution is 2.23. The van der Waals surface area contributed by atoms with Crippen LogP contribution in [0.4, 0.5) is 14.5 Å². The molecule has 30 heavy (non-hydrogen) atoms. The Morgan fingerprint density at radius 3 is 2.50 bits per heavy atom. The fraction of sp³-hybridized carbons (Fsp3) is 0.136. The van der Waals surface area contributed by atoms with Crippen LogP contribution in [0.5, 0.6) is 5.75 Å². The van der Waals surface area contributed by atoms with Gasteiger partial charge in [-0.1, -0.05) is 0 Å². The number of aromatic nitrogens is 3. The van der Waals surface area contributed by atoms with Gasteiger partial charge in [-0.05, 0) is 48.5 Å². The maximum Gasteiger partial charge on any atom is 0.387 e. The van der Waals surface area contributed by atoms with Crippen molar-refractivity contribution < 1.29 is 13.5 Å². The van der Waals surface area contributed by atoms with Crippen LogP contribution in [0.25, 0.3) is 16.9 Å². The van der Waals surface area contributed by atoms with E-state index in [1.165, 1.54) is 12.1 Å². The molecule has 4 aromatic rings. The van der Waals surface area contributed by atoms with E-state index in [0.29, 0.717) is 23.4 Å². The van der Waals surface area contributed by atoms with Crippen LogP contribution in [-0.2, 0) is 6.54 Å². The van der Waals surface area contributed by atoms with E-state index >= 15 is 0 Å². The van der Waals surface area contributed by atoms with Crippen molar-refractivity contribution >= 4 is 11.3 Å². The van der Waals surface area contributed by atoms with Crippen molar-refractivity contribution in [3.8, 4) is 23.1 Å². The number of imidazole rings is 1. The van der Waals surface area contributed by atoms with Gasteiger partial charge in [0.2, 0.25) is 0 Å². The van der Waals surface area contributed by atoms with Crippen LogP contribution in [0.15, 0.2) is 67.1 Å². The zero-order valence-electron chi connectivity index (χ0n) is 16.0. The molecule has 8 heteroatoms. The van der Waals surface area contributed by atoms with Gasteiger partial charge in [0.25, 0.3) is 0 Å². The maximum atomic E-state index is 12.3. The first kappa shape index (κ1) is 19.3. The highest BCUT2D eigenvalue weighted by atomic mass is 19.3. The van der Waals surface area contributed by atoms with E-state index in [1.54, 1.807) is 30.5 Å². The average molecular weight is 405 g/mol. The summed E-state index contributed by atoms with van der Waals surface area (Å²) in [6.07, 6.45) is 5.46. The van der Waals surface area contributed by atoms with Crippen molar-refractivity contribution in [2.75, 3.05) is 11.9 Å². The summed E-state index contributed by atoms with van der Waals surface area (Å²) in [5, 5.41) is 8.92.